The van der Waals surface area contributed by atoms with Gasteiger partial charge in [0, 0.05) is 0 Å². The van der Waals surface area contributed by atoms with Gasteiger partial charge < -0.3 is 9.84 Å². The van der Waals surface area contributed by atoms with E-state index in [4.69, 9.17) is 9.84 Å². The van der Waals surface area contributed by atoms with Crippen LogP contribution in [0.1, 0.15) is 5.56 Å². The third-order valence-corrected chi connectivity index (χ3v) is 1.67. The van der Waals surface area contributed by atoms with Gasteiger partial charge in [0.1, 0.15) is 5.75 Å². The molecule has 0 aliphatic rings. The van der Waals surface area contributed by atoms with E-state index in [9.17, 15) is 0 Å². The molecule has 0 atom stereocenters. The Morgan fingerprint density at radius 3 is 2.92 bits per heavy atom. The lowest BCUT2D eigenvalue weighted by atomic mass is 10.1. The molecule has 0 unspecified atom stereocenters. The van der Waals surface area contributed by atoms with E-state index in [-0.39, 0.29) is 6.61 Å². The molecule has 0 aliphatic carbocycles. The normalized spacial score (nSPS) is 9.50. The molecule has 0 spiro atoms. The number of hydrogen-bond acceptors (Lipinski definition) is 2. The van der Waals surface area contributed by atoms with Crippen molar-refractivity contribution in [2.75, 3.05) is 13.7 Å². The van der Waals surface area contributed by atoms with E-state index in [1.54, 1.807) is 7.11 Å². The van der Waals surface area contributed by atoms with E-state index in [2.05, 4.69) is 6.58 Å². The third-order valence-electron chi connectivity index (χ3n) is 1.67. The quantitative estimate of drug-likeness (QED) is 0.736. The molecule has 0 saturated carbocycles. The van der Waals surface area contributed by atoms with Crippen molar-refractivity contribution in [2.24, 2.45) is 0 Å². The van der Waals surface area contributed by atoms with Crippen LogP contribution in [0.25, 0.3) is 5.57 Å². The first-order valence-electron chi connectivity index (χ1n) is 3.71. The first-order chi connectivity index (χ1) is 5.77. The van der Waals surface area contributed by atoms with Crippen LogP contribution in [0.4, 0.5) is 0 Å². The molecule has 0 fully saturated rings. The van der Waals surface area contributed by atoms with Gasteiger partial charge in [0.2, 0.25) is 0 Å². The molecule has 0 saturated heterocycles. The van der Waals surface area contributed by atoms with E-state index in [1.165, 1.54) is 0 Å². The molecule has 2 heteroatoms. The number of benzene rings is 1. The molecule has 0 radical (unpaired) electrons. The van der Waals surface area contributed by atoms with Crippen molar-refractivity contribution in [3.63, 3.8) is 0 Å². The predicted octanol–water partition coefficient (Wildman–Crippen LogP) is 1.70. The second-order valence-electron chi connectivity index (χ2n) is 2.49. The highest BCUT2D eigenvalue weighted by Gasteiger charge is 1.97. The number of hydrogen-bond donors (Lipinski definition) is 1. The second-order valence-corrected chi connectivity index (χ2v) is 2.49. The first-order valence-corrected chi connectivity index (χ1v) is 3.71. The van der Waals surface area contributed by atoms with Gasteiger partial charge in [-0.05, 0) is 23.3 Å². The molecule has 0 heterocycles. The molecule has 0 bridgehead atoms. The van der Waals surface area contributed by atoms with Crippen molar-refractivity contribution < 1.29 is 9.84 Å². The Bertz CT molecular complexity index is 279. The molecule has 2 nitrogen and oxygen atoms in total. The molecule has 0 aliphatic heterocycles. The van der Waals surface area contributed by atoms with Crippen LogP contribution in [0.15, 0.2) is 30.8 Å². The van der Waals surface area contributed by atoms with Crippen molar-refractivity contribution in [3.05, 3.63) is 36.4 Å². The Kier molecular flexibility index (Phi) is 2.88. The van der Waals surface area contributed by atoms with Crippen LogP contribution in [0, 0.1) is 0 Å². The van der Waals surface area contributed by atoms with E-state index in [1.807, 2.05) is 24.3 Å². The van der Waals surface area contributed by atoms with Gasteiger partial charge in [-0.25, -0.2) is 0 Å². The largest absolute Gasteiger partial charge is 0.497 e. The summed E-state index contributed by atoms with van der Waals surface area (Å²) in [4.78, 5) is 0. The SMILES string of the molecule is C=C(CO)c1cccc(OC)c1. The molecule has 1 aromatic carbocycles. The monoisotopic (exact) mass is 164 g/mol. The summed E-state index contributed by atoms with van der Waals surface area (Å²) in [7, 11) is 1.61. The smallest absolute Gasteiger partial charge is 0.119 e. The Balaban J connectivity index is 2.93. The molecule has 1 N–H and O–H groups in total. The predicted molar refractivity (Wildman–Crippen MR) is 49.1 cm³/mol. The van der Waals surface area contributed by atoms with Crippen molar-refractivity contribution in [1.82, 2.24) is 0 Å². The number of methoxy groups -OCH3 is 1. The number of ether oxygens (including phenoxy) is 1. The molecular weight excluding hydrogens is 152 g/mol. The summed E-state index contributed by atoms with van der Waals surface area (Å²) in [5, 5.41) is 8.81. The zero-order valence-corrected chi connectivity index (χ0v) is 7.08. The Morgan fingerprint density at radius 1 is 1.58 bits per heavy atom. The fourth-order valence-electron chi connectivity index (χ4n) is 0.934. The average molecular weight is 164 g/mol. The van der Waals surface area contributed by atoms with Crippen LogP contribution in [0.3, 0.4) is 0 Å². The summed E-state index contributed by atoms with van der Waals surface area (Å²) < 4.78 is 5.03. The first kappa shape index (κ1) is 8.81. The molecule has 12 heavy (non-hydrogen) atoms. The summed E-state index contributed by atoms with van der Waals surface area (Å²) in [6.45, 7) is 3.69. The van der Waals surface area contributed by atoms with Crippen molar-refractivity contribution in [2.45, 2.75) is 0 Å². The molecule has 1 aromatic rings. The van der Waals surface area contributed by atoms with Gasteiger partial charge in [-0.15, -0.1) is 0 Å². The molecule has 0 amide bonds. The summed E-state index contributed by atoms with van der Waals surface area (Å²) in [6, 6.07) is 7.46. The Labute approximate surface area is 72.1 Å². The number of aliphatic hydroxyl groups excluding tert-OH is 1. The Morgan fingerprint density at radius 2 is 2.33 bits per heavy atom. The van der Waals surface area contributed by atoms with Gasteiger partial charge in [-0.3, -0.25) is 0 Å². The Hall–Kier alpha value is -1.28. The van der Waals surface area contributed by atoms with E-state index < -0.39 is 0 Å². The fourth-order valence-corrected chi connectivity index (χ4v) is 0.934. The minimum atomic E-state index is -0.0207. The lowest BCUT2D eigenvalue weighted by Crippen LogP contribution is -1.89. The van der Waals surface area contributed by atoms with Crippen LogP contribution in [0.5, 0.6) is 5.75 Å². The third kappa shape index (κ3) is 1.86. The highest BCUT2D eigenvalue weighted by molar-refractivity contribution is 5.65. The maximum atomic E-state index is 8.81. The van der Waals surface area contributed by atoms with E-state index in [0.717, 1.165) is 11.3 Å². The molecule has 64 valence electrons. The van der Waals surface area contributed by atoms with Crippen LogP contribution < -0.4 is 4.74 Å². The van der Waals surface area contributed by atoms with Gasteiger partial charge in [-0.2, -0.15) is 0 Å². The minimum absolute atomic E-state index is 0.0207. The van der Waals surface area contributed by atoms with Gasteiger partial charge >= 0.3 is 0 Å². The average Bonchev–Trinajstić information content (AvgIpc) is 2.17. The highest BCUT2D eigenvalue weighted by Crippen LogP contribution is 2.17. The molecular formula is C10H12O2. The van der Waals surface area contributed by atoms with Gasteiger partial charge in [0.25, 0.3) is 0 Å². The van der Waals surface area contributed by atoms with Gasteiger partial charge in [0.15, 0.2) is 0 Å². The highest BCUT2D eigenvalue weighted by atomic mass is 16.5. The van der Waals surface area contributed by atoms with Crippen LogP contribution >= 0.6 is 0 Å². The number of aliphatic hydroxyl groups is 1. The van der Waals surface area contributed by atoms with Gasteiger partial charge in [-0.1, -0.05) is 18.7 Å². The summed E-state index contributed by atoms with van der Waals surface area (Å²) in [6.07, 6.45) is 0. The van der Waals surface area contributed by atoms with Crippen molar-refractivity contribution in [1.29, 1.82) is 0 Å². The zero-order valence-electron chi connectivity index (χ0n) is 7.08. The van der Waals surface area contributed by atoms with Crippen molar-refractivity contribution in [3.8, 4) is 5.75 Å². The van der Waals surface area contributed by atoms with E-state index >= 15 is 0 Å². The van der Waals surface area contributed by atoms with Crippen LogP contribution in [-0.4, -0.2) is 18.8 Å². The zero-order chi connectivity index (χ0) is 8.97. The minimum Gasteiger partial charge on any atom is -0.497 e. The molecule has 0 aromatic heterocycles. The summed E-state index contributed by atoms with van der Waals surface area (Å²) >= 11 is 0. The van der Waals surface area contributed by atoms with E-state index in [0.29, 0.717) is 5.57 Å². The maximum absolute atomic E-state index is 8.81. The second kappa shape index (κ2) is 3.93. The topological polar surface area (TPSA) is 29.5 Å². The van der Waals surface area contributed by atoms with Crippen molar-refractivity contribution >= 4 is 5.57 Å². The summed E-state index contributed by atoms with van der Waals surface area (Å²) in [5.41, 5.74) is 1.62. The molecule has 1 rings (SSSR count). The van der Waals surface area contributed by atoms with Crippen LogP contribution in [-0.2, 0) is 0 Å². The summed E-state index contributed by atoms with van der Waals surface area (Å²) in [5.74, 6) is 0.780. The number of rotatable bonds is 3. The lowest BCUT2D eigenvalue weighted by molar-refractivity contribution is 0.350. The standard InChI is InChI=1S/C10H12O2/c1-8(7-11)9-4-3-5-10(6-9)12-2/h3-6,11H,1,7H2,2H3. The fraction of sp³-hybridized carbons (Fsp3) is 0.200. The van der Waals surface area contributed by atoms with Crippen LogP contribution in [0.2, 0.25) is 0 Å². The lowest BCUT2D eigenvalue weighted by Gasteiger charge is -2.04. The van der Waals surface area contributed by atoms with Gasteiger partial charge in [0.05, 0.1) is 13.7 Å². The maximum Gasteiger partial charge on any atom is 0.119 e.